The molecule has 2 heterocycles. The summed E-state index contributed by atoms with van der Waals surface area (Å²) in [5.74, 6) is 0. The largest absolute Gasteiger partial charge is 0.394 e. The van der Waals surface area contributed by atoms with Crippen LogP contribution in [0.4, 0.5) is 5.13 Å². The predicted octanol–water partition coefficient (Wildman–Crippen LogP) is -1.09. The summed E-state index contributed by atoms with van der Waals surface area (Å²) < 4.78 is 5.22. The average molecular weight is 271 g/mol. The monoisotopic (exact) mass is 271 g/mol. The fraction of sp³-hybridized carbons (Fsp3) is 0.600. The van der Waals surface area contributed by atoms with Gasteiger partial charge < -0.3 is 25.4 Å². The number of hydrogen-bond acceptors (Lipinski definition) is 8. The Bertz CT molecular complexity index is 447. The van der Waals surface area contributed by atoms with Crippen molar-refractivity contribution in [1.29, 1.82) is 5.26 Å². The average Bonchev–Trinajstić information content (AvgIpc) is 2.83. The summed E-state index contributed by atoms with van der Waals surface area (Å²) in [7, 11) is 0. The number of aliphatic hydroxyl groups is 3. The molecular formula is C10H13N3O4S. The van der Waals surface area contributed by atoms with Crippen molar-refractivity contribution in [3.05, 3.63) is 11.1 Å². The number of rotatable bonds is 3. The molecule has 8 heteroatoms. The fourth-order valence-electron chi connectivity index (χ4n) is 1.72. The van der Waals surface area contributed by atoms with Gasteiger partial charge in [0.2, 0.25) is 0 Å². The number of ether oxygens (including phenoxy) is 1. The molecular weight excluding hydrogens is 258 g/mol. The number of hydrogen-bond donors (Lipinski definition) is 4. The normalized spacial score (nSPS) is 31.9. The van der Waals surface area contributed by atoms with Crippen LogP contribution in [0.25, 0.3) is 0 Å². The van der Waals surface area contributed by atoms with Gasteiger partial charge in [-0.3, -0.25) is 0 Å². The highest BCUT2D eigenvalue weighted by Gasteiger charge is 2.38. The van der Waals surface area contributed by atoms with E-state index in [4.69, 9.17) is 15.1 Å². The molecule has 2 rings (SSSR count). The van der Waals surface area contributed by atoms with Gasteiger partial charge in [-0.1, -0.05) is 0 Å². The Morgan fingerprint density at radius 3 is 2.94 bits per heavy atom. The molecule has 1 aromatic rings. The highest BCUT2D eigenvalue weighted by molar-refractivity contribution is 7.13. The first-order chi connectivity index (χ1) is 8.65. The first-order valence-corrected chi connectivity index (χ1v) is 6.24. The number of nitrogens with one attached hydrogen (secondary N) is 1. The van der Waals surface area contributed by atoms with Crippen LogP contribution < -0.4 is 5.32 Å². The number of aliphatic hydroxyl groups excluding tert-OH is 3. The summed E-state index contributed by atoms with van der Waals surface area (Å²) in [5, 5.41) is 42.1. The Morgan fingerprint density at radius 2 is 2.33 bits per heavy atom. The SMILES string of the molecule is N#Cc1csc(N[C@H]2CO[C@H](CO)[C@H](O)[C@@H]2O)n1. The smallest absolute Gasteiger partial charge is 0.184 e. The Hall–Kier alpha value is -1.24. The molecule has 1 fully saturated rings. The molecule has 1 saturated heterocycles. The van der Waals surface area contributed by atoms with E-state index in [1.165, 1.54) is 11.3 Å². The fourth-order valence-corrected chi connectivity index (χ4v) is 2.42. The first-order valence-electron chi connectivity index (χ1n) is 5.36. The molecule has 18 heavy (non-hydrogen) atoms. The molecule has 98 valence electrons. The van der Waals surface area contributed by atoms with Crippen LogP contribution >= 0.6 is 11.3 Å². The first kappa shape index (κ1) is 13.2. The zero-order valence-corrected chi connectivity index (χ0v) is 10.2. The van der Waals surface area contributed by atoms with Crippen molar-refractivity contribution in [3.63, 3.8) is 0 Å². The van der Waals surface area contributed by atoms with Gasteiger partial charge in [0.25, 0.3) is 0 Å². The van der Waals surface area contributed by atoms with Crippen molar-refractivity contribution >= 4 is 16.5 Å². The maximum Gasteiger partial charge on any atom is 0.184 e. The number of thiazole rings is 1. The molecule has 0 saturated carbocycles. The number of anilines is 1. The van der Waals surface area contributed by atoms with Crippen LogP contribution in [0.15, 0.2) is 5.38 Å². The van der Waals surface area contributed by atoms with Crippen LogP contribution in [0.2, 0.25) is 0 Å². The lowest BCUT2D eigenvalue weighted by Crippen LogP contribution is -2.56. The van der Waals surface area contributed by atoms with Gasteiger partial charge in [0.1, 0.15) is 24.4 Å². The minimum absolute atomic E-state index is 0.144. The molecule has 1 aromatic heterocycles. The van der Waals surface area contributed by atoms with Crippen molar-refractivity contribution in [2.45, 2.75) is 24.4 Å². The number of aromatic nitrogens is 1. The minimum Gasteiger partial charge on any atom is -0.394 e. The maximum absolute atomic E-state index is 9.87. The Labute approximate surface area is 107 Å². The van der Waals surface area contributed by atoms with Crippen LogP contribution in [0.1, 0.15) is 5.69 Å². The van der Waals surface area contributed by atoms with Crippen LogP contribution in [0.3, 0.4) is 0 Å². The zero-order valence-electron chi connectivity index (χ0n) is 9.35. The van der Waals surface area contributed by atoms with E-state index in [2.05, 4.69) is 10.3 Å². The second kappa shape index (κ2) is 5.60. The third-order valence-electron chi connectivity index (χ3n) is 2.74. The second-order valence-corrected chi connectivity index (χ2v) is 4.79. The van der Waals surface area contributed by atoms with Gasteiger partial charge in [-0.15, -0.1) is 11.3 Å². The van der Waals surface area contributed by atoms with Gasteiger partial charge in [-0.25, -0.2) is 4.98 Å². The Morgan fingerprint density at radius 1 is 1.56 bits per heavy atom. The molecule has 0 spiro atoms. The van der Waals surface area contributed by atoms with Gasteiger partial charge >= 0.3 is 0 Å². The summed E-state index contributed by atoms with van der Waals surface area (Å²) >= 11 is 1.24. The minimum atomic E-state index is -1.16. The Balaban J connectivity index is 2.00. The van der Waals surface area contributed by atoms with Crippen molar-refractivity contribution in [3.8, 4) is 6.07 Å². The highest BCUT2D eigenvalue weighted by atomic mass is 32.1. The van der Waals surface area contributed by atoms with E-state index >= 15 is 0 Å². The molecule has 7 nitrogen and oxygen atoms in total. The predicted molar refractivity (Wildman–Crippen MR) is 63.1 cm³/mol. The summed E-state index contributed by atoms with van der Waals surface area (Å²) in [6.07, 6.45) is -2.99. The van der Waals surface area contributed by atoms with E-state index in [9.17, 15) is 10.2 Å². The lowest BCUT2D eigenvalue weighted by molar-refractivity contribution is -0.152. The lowest BCUT2D eigenvalue weighted by Gasteiger charge is -2.37. The van der Waals surface area contributed by atoms with E-state index in [-0.39, 0.29) is 13.2 Å². The highest BCUT2D eigenvalue weighted by Crippen LogP contribution is 2.21. The standard InChI is InChI=1S/C10H13N3O4S/c11-1-5-4-18-10(12-5)13-6-3-17-7(2-14)9(16)8(6)15/h4,6-9,14-16H,2-3H2,(H,12,13)/t6-,7+,8+,9-/m0/s1. The van der Waals surface area contributed by atoms with E-state index in [1.54, 1.807) is 5.38 Å². The molecule has 4 N–H and O–H groups in total. The molecule has 0 aromatic carbocycles. The van der Waals surface area contributed by atoms with Crippen molar-refractivity contribution < 1.29 is 20.1 Å². The maximum atomic E-state index is 9.87. The quantitative estimate of drug-likeness (QED) is 0.551. The molecule has 1 aliphatic rings. The molecule has 0 unspecified atom stereocenters. The molecule has 0 aliphatic carbocycles. The van der Waals surface area contributed by atoms with Crippen LogP contribution in [-0.4, -0.2) is 57.9 Å². The molecule has 0 radical (unpaired) electrons. The van der Waals surface area contributed by atoms with Crippen molar-refractivity contribution in [1.82, 2.24) is 4.98 Å². The summed E-state index contributed by atoms with van der Waals surface area (Å²) in [4.78, 5) is 3.97. The molecule has 0 bridgehead atoms. The van der Waals surface area contributed by atoms with Crippen molar-refractivity contribution in [2.24, 2.45) is 0 Å². The number of nitriles is 1. The summed E-state index contributed by atoms with van der Waals surface area (Å²) in [6, 6.07) is 1.38. The van der Waals surface area contributed by atoms with Gasteiger partial charge in [0.15, 0.2) is 10.8 Å². The molecule has 4 atom stereocenters. The van der Waals surface area contributed by atoms with Gasteiger partial charge in [-0.05, 0) is 0 Å². The van der Waals surface area contributed by atoms with Gasteiger partial charge in [0.05, 0.1) is 19.3 Å². The Kier molecular flexibility index (Phi) is 4.11. The third-order valence-corrected chi connectivity index (χ3v) is 3.51. The molecule has 0 amide bonds. The van der Waals surface area contributed by atoms with E-state index in [0.29, 0.717) is 10.8 Å². The topological polar surface area (TPSA) is 119 Å². The van der Waals surface area contributed by atoms with Gasteiger partial charge in [-0.2, -0.15) is 5.26 Å². The molecule has 1 aliphatic heterocycles. The number of nitrogens with zero attached hydrogens (tertiary/aromatic N) is 2. The summed E-state index contributed by atoms with van der Waals surface area (Å²) in [6.45, 7) is -0.203. The van der Waals surface area contributed by atoms with Crippen LogP contribution in [0, 0.1) is 11.3 Å². The van der Waals surface area contributed by atoms with E-state index in [0.717, 1.165) is 0 Å². The van der Waals surface area contributed by atoms with Crippen LogP contribution in [-0.2, 0) is 4.74 Å². The summed E-state index contributed by atoms with van der Waals surface area (Å²) in [5.41, 5.74) is 0.294. The van der Waals surface area contributed by atoms with Gasteiger partial charge in [0, 0.05) is 5.38 Å². The van der Waals surface area contributed by atoms with Crippen LogP contribution in [0.5, 0.6) is 0 Å². The van der Waals surface area contributed by atoms with E-state index in [1.807, 2.05) is 6.07 Å². The second-order valence-electron chi connectivity index (χ2n) is 3.94. The van der Waals surface area contributed by atoms with Crippen molar-refractivity contribution in [2.75, 3.05) is 18.5 Å². The zero-order chi connectivity index (χ0) is 13.1. The third kappa shape index (κ3) is 2.60. The lowest BCUT2D eigenvalue weighted by atomic mass is 9.99. The van der Waals surface area contributed by atoms with E-state index < -0.39 is 24.4 Å².